The number of nitrogens with zero attached hydrogens (tertiary/aromatic N) is 3. The first kappa shape index (κ1) is 18.7. The van der Waals surface area contributed by atoms with Gasteiger partial charge in [0.25, 0.3) is 0 Å². The third kappa shape index (κ3) is 5.74. The van der Waals surface area contributed by atoms with Crippen LogP contribution in [-0.2, 0) is 11.2 Å². The van der Waals surface area contributed by atoms with Crippen LogP contribution in [-0.4, -0.2) is 41.0 Å². The van der Waals surface area contributed by atoms with Crippen molar-refractivity contribution in [2.24, 2.45) is 0 Å². The summed E-state index contributed by atoms with van der Waals surface area (Å²) in [7, 11) is 3.25. The van der Waals surface area contributed by atoms with Crippen LogP contribution in [0.2, 0.25) is 0 Å². The number of nitrogens with one attached hydrogen (secondary N) is 1. The van der Waals surface area contributed by atoms with E-state index in [0.29, 0.717) is 5.56 Å². The topological polar surface area (TPSA) is 58.1 Å². The number of carbonyl (C=O) groups excluding carboxylic acids is 1. The molecular formula is C17H19F3N4O. The summed E-state index contributed by atoms with van der Waals surface area (Å²) < 4.78 is 37.1. The fourth-order valence-corrected chi connectivity index (χ4v) is 2.20. The molecule has 2 aromatic rings. The van der Waals surface area contributed by atoms with Crippen LogP contribution < -0.4 is 5.32 Å². The Hall–Kier alpha value is -2.64. The quantitative estimate of drug-likeness (QED) is 0.867. The van der Waals surface area contributed by atoms with E-state index in [0.717, 1.165) is 0 Å². The van der Waals surface area contributed by atoms with E-state index in [9.17, 15) is 18.0 Å². The lowest BCUT2D eigenvalue weighted by Gasteiger charge is -2.22. The second kappa shape index (κ2) is 7.96. The van der Waals surface area contributed by atoms with E-state index in [1.807, 2.05) is 6.07 Å². The summed E-state index contributed by atoms with van der Waals surface area (Å²) >= 11 is 0. The van der Waals surface area contributed by atoms with Crippen molar-refractivity contribution in [1.82, 2.24) is 14.9 Å². The van der Waals surface area contributed by atoms with E-state index in [2.05, 4.69) is 15.3 Å². The smallest absolute Gasteiger partial charge is 0.347 e. The number of halogens is 3. The first-order valence-corrected chi connectivity index (χ1v) is 7.67. The predicted molar refractivity (Wildman–Crippen MR) is 87.9 cm³/mol. The molecule has 8 heteroatoms. The monoisotopic (exact) mass is 352 g/mol. The Kier molecular flexibility index (Phi) is 5.95. The Balaban J connectivity index is 2.20. The van der Waals surface area contributed by atoms with Gasteiger partial charge in [-0.25, -0.2) is 9.97 Å². The molecule has 5 nitrogen and oxygen atoms in total. The van der Waals surface area contributed by atoms with Crippen molar-refractivity contribution in [2.75, 3.05) is 19.4 Å². The highest BCUT2D eigenvalue weighted by Gasteiger charge is 2.27. The first-order valence-electron chi connectivity index (χ1n) is 7.67. The van der Waals surface area contributed by atoms with Crippen LogP contribution in [0.15, 0.2) is 42.6 Å². The normalized spacial score (nSPS) is 12.5. The molecule has 1 amide bonds. The molecule has 134 valence electrons. The lowest BCUT2D eigenvalue weighted by Crippen LogP contribution is -2.33. The molecule has 0 saturated carbocycles. The van der Waals surface area contributed by atoms with E-state index in [1.54, 1.807) is 38.4 Å². The largest absolute Gasteiger partial charge is 0.389 e. The number of aryl methyl sites for hydroxylation is 1. The molecule has 0 spiro atoms. The average molecular weight is 352 g/mol. The number of carbonyl (C=O) groups is 1. The van der Waals surface area contributed by atoms with Gasteiger partial charge < -0.3 is 10.2 Å². The number of likely N-dealkylation sites (N-methyl/N-ethyl adjacent to an activating group) is 1. The van der Waals surface area contributed by atoms with E-state index in [1.165, 1.54) is 17.2 Å². The molecule has 25 heavy (non-hydrogen) atoms. The van der Waals surface area contributed by atoms with Crippen LogP contribution in [0.25, 0.3) is 0 Å². The van der Waals surface area contributed by atoms with Crippen molar-refractivity contribution in [1.29, 1.82) is 0 Å². The molecule has 0 aliphatic rings. The van der Waals surface area contributed by atoms with Crippen molar-refractivity contribution in [3.63, 3.8) is 0 Å². The van der Waals surface area contributed by atoms with Crippen LogP contribution in [0.4, 0.5) is 19.1 Å². The number of amides is 1. The lowest BCUT2D eigenvalue weighted by atomic mass is 10.1. The molecule has 0 bridgehead atoms. The lowest BCUT2D eigenvalue weighted by molar-refractivity contribution is -0.134. The van der Waals surface area contributed by atoms with E-state index in [-0.39, 0.29) is 24.0 Å². The number of hydrogen-bond acceptors (Lipinski definition) is 4. The van der Waals surface area contributed by atoms with Gasteiger partial charge in [0.15, 0.2) is 0 Å². The molecule has 0 aliphatic heterocycles. The van der Waals surface area contributed by atoms with Crippen LogP contribution in [0, 0.1) is 0 Å². The van der Waals surface area contributed by atoms with Gasteiger partial charge in [-0.3, -0.25) is 4.79 Å². The molecular weight excluding hydrogens is 333 g/mol. The van der Waals surface area contributed by atoms with Gasteiger partial charge in [0.1, 0.15) is 6.04 Å². The summed E-state index contributed by atoms with van der Waals surface area (Å²) in [6.45, 7) is 0. The Morgan fingerprint density at radius 2 is 1.88 bits per heavy atom. The summed E-state index contributed by atoms with van der Waals surface area (Å²) in [6.07, 6.45) is -4.06. The van der Waals surface area contributed by atoms with Crippen LogP contribution in [0.3, 0.4) is 0 Å². The van der Waals surface area contributed by atoms with Crippen LogP contribution in [0.5, 0.6) is 0 Å². The van der Waals surface area contributed by atoms with Gasteiger partial charge >= 0.3 is 6.18 Å². The number of aromatic nitrogens is 2. The van der Waals surface area contributed by atoms with Gasteiger partial charge in [-0.1, -0.05) is 30.3 Å². The molecule has 1 unspecified atom stereocenters. The molecule has 2 rings (SSSR count). The molecule has 0 fully saturated rings. The fourth-order valence-electron chi connectivity index (χ4n) is 2.20. The van der Waals surface area contributed by atoms with Gasteiger partial charge in [-0.15, -0.1) is 0 Å². The third-order valence-electron chi connectivity index (χ3n) is 3.47. The van der Waals surface area contributed by atoms with Crippen LogP contribution >= 0.6 is 0 Å². The maximum atomic E-state index is 12.4. The fraction of sp³-hybridized carbons (Fsp3) is 0.353. The summed E-state index contributed by atoms with van der Waals surface area (Å²) in [5.41, 5.74) is 0.976. The molecule has 1 aromatic carbocycles. The summed E-state index contributed by atoms with van der Waals surface area (Å²) in [5, 5.41) is 2.92. The Bertz CT molecular complexity index is 705. The highest BCUT2D eigenvalue weighted by atomic mass is 19.4. The zero-order valence-electron chi connectivity index (χ0n) is 13.9. The van der Waals surface area contributed by atoms with Crippen molar-refractivity contribution in [2.45, 2.75) is 25.1 Å². The highest BCUT2D eigenvalue weighted by molar-refractivity contribution is 5.85. The zero-order valence-corrected chi connectivity index (χ0v) is 13.9. The highest BCUT2D eigenvalue weighted by Crippen LogP contribution is 2.23. The van der Waals surface area contributed by atoms with Crippen molar-refractivity contribution >= 4 is 11.9 Å². The number of rotatable bonds is 6. The number of anilines is 1. The number of alkyl halides is 3. The maximum Gasteiger partial charge on any atom is 0.389 e. The van der Waals surface area contributed by atoms with Crippen molar-refractivity contribution < 1.29 is 18.0 Å². The summed E-state index contributed by atoms with van der Waals surface area (Å²) in [5.74, 6) is -0.0979. The molecule has 0 saturated heterocycles. The van der Waals surface area contributed by atoms with Gasteiger partial charge in [-0.2, -0.15) is 13.2 Å². The molecule has 1 N–H and O–H groups in total. The molecule has 1 aromatic heterocycles. The Labute approximate surface area is 143 Å². The van der Waals surface area contributed by atoms with Crippen LogP contribution in [0.1, 0.15) is 23.7 Å². The Morgan fingerprint density at radius 3 is 2.48 bits per heavy atom. The number of benzene rings is 1. The molecule has 1 heterocycles. The third-order valence-corrected chi connectivity index (χ3v) is 3.47. The van der Waals surface area contributed by atoms with Crippen molar-refractivity contribution in [3.05, 3.63) is 53.9 Å². The maximum absolute atomic E-state index is 12.4. The van der Waals surface area contributed by atoms with E-state index >= 15 is 0 Å². The standard InChI is InChI=1S/C17H19F3N4O/c1-24(2)15(25)14(12-6-4-3-5-7-12)23-16-21-11-9-13(22-16)8-10-17(18,19)20/h3-7,9,11,14H,8,10H2,1-2H3,(H,21,22,23). The SMILES string of the molecule is CN(C)C(=O)C(Nc1nccc(CCC(F)(F)F)n1)c1ccccc1. The van der Waals surface area contributed by atoms with E-state index < -0.39 is 18.6 Å². The minimum absolute atomic E-state index is 0.115. The summed E-state index contributed by atoms with van der Waals surface area (Å²) in [4.78, 5) is 22.0. The first-order chi connectivity index (χ1) is 11.8. The predicted octanol–water partition coefficient (Wildman–Crippen LogP) is 3.21. The average Bonchev–Trinajstić information content (AvgIpc) is 2.58. The molecule has 0 radical (unpaired) electrons. The van der Waals surface area contributed by atoms with E-state index in [4.69, 9.17) is 0 Å². The van der Waals surface area contributed by atoms with Crippen molar-refractivity contribution in [3.8, 4) is 0 Å². The number of hydrogen-bond donors (Lipinski definition) is 1. The zero-order chi connectivity index (χ0) is 18.4. The van der Waals surface area contributed by atoms with Gasteiger partial charge in [0, 0.05) is 32.4 Å². The summed E-state index contributed by atoms with van der Waals surface area (Å²) in [6, 6.07) is 9.70. The van der Waals surface area contributed by atoms with Gasteiger partial charge in [-0.05, 0) is 18.1 Å². The second-order valence-corrected chi connectivity index (χ2v) is 5.71. The molecule has 0 aliphatic carbocycles. The molecule has 1 atom stereocenters. The minimum Gasteiger partial charge on any atom is -0.347 e. The second-order valence-electron chi connectivity index (χ2n) is 5.71. The Morgan fingerprint density at radius 1 is 1.20 bits per heavy atom. The van der Waals surface area contributed by atoms with Gasteiger partial charge in [0.2, 0.25) is 11.9 Å². The van der Waals surface area contributed by atoms with Gasteiger partial charge in [0.05, 0.1) is 0 Å². The minimum atomic E-state index is -4.24.